The molecule has 0 bridgehead atoms. The first-order valence-electron chi connectivity index (χ1n) is 23.3. The Hall–Kier alpha value is -8.72. The number of amides is 4. The lowest BCUT2D eigenvalue weighted by Crippen LogP contribution is -2.53. The largest absolute Gasteiger partial charge is 0.508 e. The molecule has 9 rings (SSSR count). The summed E-state index contributed by atoms with van der Waals surface area (Å²) < 4.78 is 12.4. The van der Waals surface area contributed by atoms with Crippen molar-refractivity contribution in [2.24, 2.45) is 0 Å². The zero-order chi connectivity index (χ0) is 50.5. The first kappa shape index (κ1) is 48.3. The molecule has 3 aliphatic rings. The third kappa shape index (κ3) is 11.2. The molecule has 4 atom stereocenters. The Morgan fingerprint density at radius 2 is 1.06 bits per heavy atom. The number of rotatable bonds is 10. The van der Waals surface area contributed by atoms with E-state index in [1.807, 2.05) is 24.3 Å². The number of anilines is 2. The van der Waals surface area contributed by atoms with Gasteiger partial charge in [-0.25, -0.2) is 9.97 Å². The summed E-state index contributed by atoms with van der Waals surface area (Å²) in [5.41, 5.74) is 4.05. The highest BCUT2D eigenvalue weighted by atomic mass is 16.5. The molecule has 0 unspecified atom stereocenters. The van der Waals surface area contributed by atoms with E-state index in [1.54, 1.807) is 88.6 Å². The number of carbonyl (C=O) groups is 4. The molecule has 1 fully saturated rings. The summed E-state index contributed by atoms with van der Waals surface area (Å²) in [7, 11) is 3.26. The molecule has 20 heteroatoms. The van der Waals surface area contributed by atoms with Gasteiger partial charge in [0.1, 0.15) is 58.9 Å². The van der Waals surface area contributed by atoms with Crippen LogP contribution in [0, 0.1) is 23.7 Å². The third-order valence-electron chi connectivity index (χ3n) is 12.5. The number of likely N-dealkylation sites (N-methyl/N-ethyl adjacent to an activating group) is 2. The van der Waals surface area contributed by atoms with E-state index in [0.717, 1.165) is 37.3 Å². The van der Waals surface area contributed by atoms with Gasteiger partial charge in [-0.3, -0.25) is 39.2 Å². The minimum absolute atomic E-state index is 0.120. The lowest BCUT2D eigenvalue weighted by Gasteiger charge is -2.32. The molecule has 4 aromatic carbocycles. The highest BCUT2D eigenvalue weighted by Gasteiger charge is 2.38. The van der Waals surface area contributed by atoms with Crippen molar-refractivity contribution in [3.8, 4) is 46.7 Å². The fraction of sp³-hybridized carbons (Fsp3) is 0.308. The highest BCUT2D eigenvalue weighted by molar-refractivity contribution is 6.04. The SMILES string of the molecule is C[C@H]1Oc2ccc(C#CCN3CCN(CC#Cc4ccc5c(c4)N(C)C(=O)[C@@H](NC(=O)c4n[nH]c(Cc6cccc(O)c6)n4)[C@@H](C)O5)CC3)cc2N(C)C(=O)[C@H]1NC(=O)c1n[nH]c(Cc2cccc(O)c2)n1. The van der Waals surface area contributed by atoms with Crippen molar-refractivity contribution in [3.05, 3.63) is 130 Å². The van der Waals surface area contributed by atoms with E-state index < -0.39 is 36.1 Å². The molecule has 1 saturated heterocycles. The fourth-order valence-electron chi connectivity index (χ4n) is 8.56. The molecule has 2 aromatic heterocycles. The van der Waals surface area contributed by atoms with Gasteiger partial charge in [-0.1, -0.05) is 47.9 Å². The lowest BCUT2D eigenvalue weighted by atomic mass is 10.1. The number of nitrogens with one attached hydrogen (secondary N) is 4. The van der Waals surface area contributed by atoms with Gasteiger partial charge in [0.2, 0.25) is 11.6 Å². The number of ether oxygens (including phenoxy) is 2. The minimum atomic E-state index is -1.02. The van der Waals surface area contributed by atoms with Gasteiger partial charge in [0.15, 0.2) is 0 Å². The number of aromatic nitrogens is 6. The Bertz CT molecular complexity index is 2950. The Labute approximate surface area is 414 Å². The summed E-state index contributed by atoms with van der Waals surface area (Å²) in [5.74, 6) is 12.8. The number of fused-ring (bicyclic) bond motifs is 2. The van der Waals surface area contributed by atoms with E-state index in [2.05, 4.69) is 74.5 Å². The van der Waals surface area contributed by atoms with Crippen LogP contribution < -0.4 is 29.9 Å². The third-order valence-corrected chi connectivity index (χ3v) is 12.5. The van der Waals surface area contributed by atoms with Crippen molar-refractivity contribution >= 4 is 35.0 Å². The zero-order valence-electron chi connectivity index (χ0n) is 40.0. The lowest BCUT2D eigenvalue weighted by molar-refractivity contribution is -0.122. The highest BCUT2D eigenvalue weighted by Crippen LogP contribution is 2.35. The summed E-state index contributed by atoms with van der Waals surface area (Å²) in [6, 6.07) is 22.2. The monoisotopic (exact) mass is 972 g/mol. The maximum Gasteiger partial charge on any atom is 0.291 e. The molecule has 5 heterocycles. The molecule has 3 aliphatic heterocycles. The maximum absolute atomic E-state index is 13.7. The van der Waals surface area contributed by atoms with Gasteiger partial charge in [0.05, 0.1) is 24.5 Å². The average molecular weight is 973 g/mol. The quantitative estimate of drug-likeness (QED) is 0.108. The predicted molar refractivity (Wildman–Crippen MR) is 264 cm³/mol. The summed E-state index contributed by atoms with van der Waals surface area (Å²) in [4.78, 5) is 70.0. The summed E-state index contributed by atoms with van der Waals surface area (Å²) in [6.07, 6.45) is -0.765. The first-order chi connectivity index (χ1) is 34.7. The average Bonchev–Trinajstić information content (AvgIpc) is 4.02. The van der Waals surface area contributed by atoms with Crippen molar-refractivity contribution in [1.29, 1.82) is 0 Å². The van der Waals surface area contributed by atoms with Crippen molar-refractivity contribution < 1.29 is 38.9 Å². The number of hydrogen-bond donors (Lipinski definition) is 6. The molecule has 0 saturated carbocycles. The smallest absolute Gasteiger partial charge is 0.291 e. The first-order valence-corrected chi connectivity index (χ1v) is 23.3. The number of benzene rings is 4. The molecule has 0 radical (unpaired) electrons. The van der Waals surface area contributed by atoms with Crippen molar-refractivity contribution in [2.75, 3.05) is 63.2 Å². The molecule has 0 spiro atoms. The van der Waals surface area contributed by atoms with Gasteiger partial charge in [0, 0.05) is 64.2 Å². The van der Waals surface area contributed by atoms with Crippen molar-refractivity contribution in [1.82, 2.24) is 50.8 Å². The molecular formula is C52H52N12O8. The van der Waals surface area contributed by atoms with E-state index in [1.165, 1.54) is 9.80 Å². The van der Waals surface area contributed by atoms with Crippen LogP contribution in [0.5, 0.6) is 23.0 Å². The van der Waals surface area contributed by atoms with Crippen molar-refractivity contribution in [3.63, 3.8) is 0 Å². The van der Waals surface area contributed by atoms with E-state index in [0.29, 0.717) is 71.6 Å². The number of aromatic hydroxyl groups is 2. The van der Waals surface area contributed by atoms with Crippen LogP contribution in [0.25, 0.3) is 0 Å². The normalized spacial score (nSPS) is 18.9. The van der Waals surface area contributed by atoms with Crippen LogP contribution in [-0.2, 0) is 22.4 Å². The zero-order valence-corrected chi connectivity index (χ0v) is 40.0. The Balaban J connectivity index is 0.738. The summed E-state index contributed by atoms with van der Waals surface area (Å²) in [5, 5.41) is 38.6. The van der Waals surface area contributed by atoms with Gasteiger partial charge < -0.3 is 40.1 Å². The minimum Gasteiger partial charge on any atom is -0.508 e. The second kappa shape index (κ2) is 21.1. The second-order valence-corrected chi connectivity index (χ2v) is 17.8. The molecule has 72 heavy (non-hydrogen) atoms. The van der Waals surface area contributed by atoms with Crippen LogP contribution in [-0.4, -0.2) is 152 Å². The number of H-pyrrole nitrogens is 2. The van der Waals surface area contributed by atoms with E-state index in [4.69, 9.17) is 9.47 Å². The molecule has 368 valence electrons. The molecular weight excluding hydrogens is 921 g/mol. The Kier molecular flexibility index (Phi) is 14.2. The van der Waals surface area contributed by atoms with Crippen LogP contribution in [0.1, 0.15) is 69.0 Å². The van der Waals surface area contributed by atoms with Crippen LogP contribution >= 0.6 is 0 Å². The topological polar surface area (TPSA) is 247 Å². The number of aromatic amines is 2. The fourth-order valence-corrected chi connectivity index (χ4v) is 8.56. The number of carbonyl (C=O) groups excluding carboxylic acids is 4. The summed E-state index contributed by atoms with van der Waals surface area (Å²) in [6.45, 7) is 7.76. The number of phenolic OH excluding ortho intramolecular Hbond substituents is 2. The number of phenols is 2. The van der Waals surface area contributed by atoms with Crippen molar-refractivity contribution in [2.45, 2.75) is 51.0 Å². The predicted octanol–water partition coefficient (Wildman–Crippen LogP) is 2.62. The number of piperazine rings is 1. The van der Waals surface area contributed by atoms with Gasteiger partial charge in [-0.2, -0.15) is 0 Å². The van der Waals surface area contributed by atoms with Gasteiger partial charge in [-0.15, -0.1) is 10.2 Å². The number of nitrogens with zero attached hydrogens (tertiary/aromatic N) is 8. The molecule has 4 amide bonds. The van der Waals surface area contributed by atoms with Gasteiger partial charge >= 0.3 is 0 Å². The number of hydrogen-bond acceptors (Lipinski definition) is 14. The maximum atomic E-state index is 13.7. The van der Waals surface area contributed by atoms with Crippen LogP contribution in [0.2, 0.25) is 0 Å². The van der Waals surface area contributed by atoms with Gasteiger partial charge in [-0.05, 0) is 85.6 Å². The second-order valence-electron chi connectivity index (χ2n) is 17.8. The van der Waals surface area contributed by atoms with E-state index in [-0.39, 0.29) is 35.0 Å². The molecule has 6 N–H and O–H groups in total. The van der Waals surface area contributed by atoms with Crippen LogP contribution in [0.3, 0.4) is 0 Å². The Morgan fingerprint density at radius 1 is 0.639 bits per heavy atom. The molecule has 6 aromatic rings. The standard InChI is InChI=1S/C52H52N12O8/c1-31-45(55-49(67)47-53-43(57-59-47)29-35-9-5-13-37(65)25-35)51(69)61(3)39-27-33(15-17-41(39)71-31)11-7-19-63-21-23-64(24-22-63)20-8-12-34-16-18-42-40(28-34)62(4)52(70)46(32(2)72-42)56-50(68)48-54-44(58-60-48)30-36-10-6-14-38(66)26-36/h5-6,9-10,13-18,25-28,31-32,45-46,65-66H,19-24,29-30H2,1-4H3,(H,55,67)(H,56,68)(H,53,57,59)(H,54,58,60)/t31-,32-,45+,46+/m1/s1. The Morgan fingerprint density at radius 3 is 1.46 bits per heavy atom. The van der Waals surface area contributed by atoms with Crippen LogP contribution in [0.15, 0.2) is 84.9 Å². The van der Waals surface area contributed by atoms with E-state index >= 15 is 0 Å². The van der Waals surface area contributed by atoms with E-state index in [9.17, 15) is 29.4 Å². The van der Waals surface area contributed by atoms with Gasteiger partial charge in [0.25, 0.3) is 23.6 Å². The molecule has 0 aliphatic carbocycles. The molecule has 20 nitrogen and oxygen atoms in total. The van der Waals surface area contributed by atoms with Crippen LogP contribution in [0.4, 0.5) is 11.4 Å². The summed E-state index contributed by atoms with van der Waals surface area (Å²) >= 11 is 0.